The summed E-state index contributed by atoms with van der Waals surface area (Å²) in [7, 11) is 0. The molecule has 0 saturated carbocycles. The summed E-state index contributed by atoms with van der Waals surface area (Å²) in [6.45, 7) is 4.16. The van der Waals surface area contributed by atoms with Gasteiger partial charge in [-0.3, -0.25) is 4.79 Å². The largest absolute Gasteiger partial charge is 0.481 e. The summed E-state index contributed by atoms with van der Waals surface area (Å²) < 4.78 is 0. The van der Waals surface area contributed by atoms with E-state index >= 15 is 0 Å². The topological polar surface area (TPSA) is 53.1 Å². The lowest BCUT2D eigenvalue weighted by atomic mass is 10.1. The van der Waals surface area contributed by atoms with Crippen LogP contribution in [0, 0.1) is 0 Å². The van der Waals surface area contributed by atoms with Crippen LogP contribution in [0.15, 0.2) is 36.0 Å². The molecule has 1 heterocycles. The van der Waals surface area contributed by atoms with Crippen molar-refractivity contribution in [3.8, 4) is 0 Å². The average molecular weight is 243 g/mol. The second kappa shape index (κ2) is 5.08. The maximum absolute atomic E-state index is 10.7. The Bertz CT molecular complexity index is 604. The van der Waals surface area contributed by atoms with Crippen molar-refractivity contribution < 1.29 is 9.90 Å². The number of carboxylic acid groups (broad SMARTS) is 1. The van der Waals surface area contributed by atoms with E-state index in [1.165, 1.54) is 11.1 Å². The molecule has 0 aliphatic carbocycles. The Morgan fingerprint density at radius 1 is 1.39 bits per heavy atom. The van der Waals surface area contributed by atoms with E-state index in [0.717, 1.165) is 22.9 Å². The van der Waals surface area contributed by atoms with Crippen LogP contribution in [-0.2, 0) is 17.6 Å². The summed E-state index contributed by atoms with van der Waals surface area (Å²) in [4.78, 5) is 13.9. The van der Waals surface area contributed by atoms with E-state index in [-0.39, 0.29) is 6.42 Å². The molecule has 0 spiro atoms. The van der Waals surface area contributed by atoms with Crippen molar-refractivity contribution in [2.45, 2.75) is 26.7 Å². The van der Waals surface area contributed by atoms with Gasteiger partial charge in [0.2, 0.25) is 0 Å². The van der Waals surface area contributed by atoms with Crippen molar-refractivity contribution in [3.63, 3.8) is 0 Å². The minimum atomic E-state index is -0.801. The van der Waals surface area contributed by atoms with Crippen LogP contribution in [0.2, 0.25) is 0 Å². The zero-order valence-electron chi connectivity index (χ0n) is 10.7. The number of aliphatic carboxylic acids is 1. The number of hydrogen-bond donors (Lipinski definition) is 2. The highest BCUT2D eigenvalue weighted by molar-refractivity contribution is 5.87. The molecule has 0 saturated heterocycles. The number of nitrogens with one attached hydrogen (secondary N) is 1. The van der Waals surface area contributed by atoms with Gasteiger partial charge < -0.3 is 10.1 Å². The number of aromatic amines is 1. The molecule has 0 bridgehead atoms. The Morgan fingerprint density at radius 3 is 2.83 bits per heavy atom. The van der Waals surface area contributed by atoms with Crippen molar-refractivity contribution >= 4 is 16.9 Å². The molecular weight excluding hydrogens is 226 g/mol. The van der Waals surface area contributed by atoms with Gasteiger partial charge in [0.15, 0.2) is 0 Å². The molecule has 3 heteroatoms. The van der Waals surface area contributed by atoms with E-state index in [0.29, 0.717) is 0 Å². The van der Waals surface area contributed by atoms with Crippen molar-refractivity contribution in [1.82, 2.24) is 4.98 Å². The molecule has 0 unspecified atom stereocenters. The van der Waals surface area contributed by atoms with Crippen LogP contribution in [-0.4, -0.2) is 16.1 Å². The van der Waals surface area contributed by atoms with Crippen molar-refractivity contribution in [2.24, 2.45) is 0 Å². The number of benzene rings is 1. The van der Waals surface area contributed by atoms with Crippen LogP contribution < -0.4 is 0 Å². The Kier molecular flexibility index (Phi) is 3.51. The van der Waals surface area contributed by atoms with Gasteiger partial charge in [-0.1, -0.05) is 23.8 Å². The van der Waals surface area contributed by atoms with Crippen LogP contribution >= 0.6 is 0 Å². The lowest BCUT2D eigenvalue weighted by Crippen LogP contribution is -1.98. The molecule has 18 heavy (non-hydrogen) atoms. The second-order valence-corrected chi connectivity index (χ2v) is 4.75. The van der Waals surface area contributed by atoms with Gasteiger partial charge in [0.1, 0.15) is 0 Å². The quantitative estimate of drug-likeness (QED) is 0.809. The fraction of sp³-hybridized carbons (Fsp3) is 0.267. The van der Waals surface area contributed by atoms with Crippen molar-refractivity contribution in [1.29, 1.82) is 0 Å². The first-order valence-corrected chi connectivity index (χ1v) is 6.00. The minimum Gasteiger partial charge on any atom is -0.481 e. The molecule has 0 fully saturated rings. The van der Waals surface area contributed by atoms with E-state index in [4.69, 9.17) is 5.11 Å². The highest BCUT2D eigenvalue weighted by Gasteiger charge is 2.07. The smallest absolute Gasteiger partial charge is 0.307 e. The first kappa shape index (κ1) is 12.4. The number of fused-ring (bicyclic) bond motifs is 1. The molecule has 0 atom stereocenters. The summed E-state index contributed by atoms with van der Waals surface area (Å²) in [5.41, 5.74) is 4.37. The van der Waals surface area contributed by atoms with Gasteiger partial charge >= 0.3 is 5.97 Å². The van der Waals surface area contributed by atoms with E-state index in [9.17, 15) is 4.79 Å². The summed E-state index contributed by atoms with van der Waals surface area (Å²) >= 11 is 0. The standard InChI is InChI=1S/C15H17NO2/c1-10(2)3-4-11-5-6-13-12(8-15(17)18)9-16-14(13)7-11/h3,5-7,9,16H,4,8H2,1-2H3,(H,17,18). The molecule has 0 aliphatic rings. The minimum absolute atomic E-state index is 0.0628. The van der Waals surface area contributed by atoms with Gasteiger partial charge in [0.05, 0.1) is 6.42 Å². The molecule has 0 radical (unpaired) electrons. The molecule has 3 nitrogen and oxygen atoms in total. The number of aromatic nitrogens is 1. The van der Waals surface area contributed by atoms with E-state index < -0.39 is 5.97 Å². The fourth-order valence-electron chi connectivity index (χ4n) is 1.99. The molecule has 0 amide bonds. The molecular formula is C15H17NO2. The van der Waals surface area contributed by atoms with Crippen molar-refractivity contribution in [3.05, 3.63) is 47.2 Å². The molecule has 0 aliphatic heterocycles. The highest BCUT2D eigenvalue weighted by atomic mass is 16.4. The molecule has 1 aromatic heterocycles. The summed E-state index contributed by atoms with van der Waals surface area (Å²) in [5, 5.41) is 9.82. The third-order valence-corrected chi connectivity index (χ3v) is 2.92. The zero-order valence-corrected chi connectivity index (χ0v) is 10.7. The lowest BCUT2D eigenvalue weighted by molar-refractivity contribution is -0.136. The number of H-pyrrole nitrogens is 1. The van der Waals surface area contributed by atoms with Crippen LogP contribution in [0.25, 0.3) is 10.9 Å². The van der Waals surface area contributed by atoms with E-state index in [1.807, 2.05) is 6.07 Å². The predicted molar refractivity (Wildman–Crippen MR) is 72.8 cm³/mol. The summed E-state index contributed by atoms with van der Waals surface area (Å²) in [5.74, 6) is -0.801. The van der Waals surface area contributed by atoms with Gasteiger partial charge in [-0.25, -0.2) is 0 Å². The van der Waals surface area contributed by atoms with Gasteiger partial charge in [-0.05, 0) is 37.5 Å². The maximum atomic E-state index is 10.7. The van der Waals surface area contributed by atoms with Gasteiger partial charge in [0, 0.05) is 17.1 Å². The number of rotatable bonds is 4. The van der Waals surface area contributed by atoms with Gasteiger partial charge in [-0.15, -0.1) is 0 Å². The number of allylic oxidation sites excluding steroid dienone is 2. The molecule has 2 N–H and O–H groups in total. The predicted octanol–water partition coefficient (Wildman–Crippen LogP) is 3.30. The van der Waals surface area contributed by atoms with Crippen LogP contribution in [0.5, 0.6) is 0 Å². The Labute approximate surface area is 106 Å². The van der Waals surface area contributed by atoms with Crippen molar-refractivity contribution in [2.75, 3.05) is 0 Å². The molecule has 1 aromatic carbocycles. The Hall–Kier alpha value is -2.03. The molecule has 2 rings (SSSR count). The average Bonchev–Trinajstić information content (AvgIpc) is 2.68. The number of carboxylic acids is 1. The van der Waals surface area contributed by atoms with Crippen LogP contribution in [0.1, 0.15) is 25.0 Å². The van der Waals surface area contributed by atoms with E-state index in [1.54, 1.807) is 6.20 Å². The Balaban J connectivity index is 2.30. The summed E-state index contributed by atoms with van der Waals surface area (Å²) in [6, 6.07) is 6.14. The highest BCUT2D eigenvalue weighted by Crippen LogP contribution is 2.20. The number of hydrogen-bond acceptors (Lipinski definition) is 1. The summed E-state index contributed by atoms with van der Waals surface area (Å²) in [6.07, 6.45) is 4.94. The van der Waals surface area contributed by atoms with E-state index in [2.05, 4.69) is 37.0 Å². The lowest BCUT2D eigenvalue weighted by Gasteiger charge is -1.99. The maximum Gasteiger partial charge on any atom is 0.307 e. The van der Waals surface area contributed by atoms with Gasteiger partial charge in [0.25, 0.3) is 0 Å². The Morgan fingerprint density at radius 2 is 2.17 bits per heavy atom. The second-order valence-electron chi connectivity index (χ2n) is 4.75. The van der Waals surface area contributed by atoms with Crippen LogP contribution in [0.4, 0.5) is 0 Å². The SMILES string of the molecule is CC(C)=CCc1ccc2c(CC(=O)O)c[nH]c2c1. The third-order valence-electron chi connectivity index (χ3n) is 2.92. The molecule has 94 valence electrons. The normalized spacial score (nSPS) is 10.6. The van der Waals surface area contributed by atoms with Crippen LogP contribution in [0.3, 0.4) is 0 Å². The first-order chi connectivity index (χ1) is 8.56. The number of carbonyl (C=O) groups is 1. The van der Waals surface area contributed by atoms with Gasteiger partial charge in [-0.2, -0.15) is 0 Å². The first-order valence-electron chi connectivity index (χ1n) is 6.00. The fourth-order valence-corrected chi connectivity index (χ4v) is 1.99. The monoisotopic (exact) mass is 243 g/mol. The third kappa shape index (κ3) is 2.80. The zero-order chi connectivity index (χ0) is 13.1. The molecule has 2 aromatic rings.